The third-order valence-corrected chi connectivity index (χ3v) is 6.12. The van der Waals surface area contributed by atoms with Crippen molar-refractivity contribution in [1.82, 2.24) is 14.9 Å². The normalized spacial score (nSPS) is 22.5. The number of hydrogen-bond donors (Lipinski definition) is 1. The summed E-state index contributed by atoms with van der Waals surface area (Å²) in [5.41, 5.74) is 2.13. The summed E-state index contributed by atoms with van der Waals surface area (Å²) in [6.07, 6.45) is 4.84. The molecule has 0 radical (unpaired) electrons. The maximum absolute atomic E-state index is 12.6. The Morgan fingerprint density at radius 3 is 2.88 bits per heavy atom. The fourth-order valence-corrected chi connectivity index (χ4v) is 4.49. The van der Waals surface area contributed by atoms with E-state index in [4.69, 9.17) is 4.98 Å². The van der Waals surface area contributed by atoms with Gasteiger partial charge >= 0.3 is 0 Å². The number of carbonyl (C=O) groups is 1. The molecule has 2 aromatic rings. The Kier molecular flexibility index (Phi) is 5.49. The molecule has 1 saturated carbocycles. The van der Waals surface area contributed by atoms with E-state index in [1.165, 1.54) is 19.3 Å². The Hall–Kier alpha value is -1.49. The van der Waals surface area contributed by atoms with Gasteiger partial charge in [0.2, 0.25) is 5.91 Å². The molecule has 5 heteroatoms. The van der Waals surface area contributed by atoms with Crippen molar-refractivity contribution in [1.29, 1.82) is 0 Å². The van der Waals surface area contributed by atoms with E-state index in [2.05, 4.69) is 29.8 Å². The van der Waals surface area contributed by atoms with Gasteiger partial charge in [-0.2, -0.15) is 0 Å². The lowest BCUT2D eigenvalue weighted by Gasteiger charge is -2.30. The van der Waals surface area contributed by atoms with Crippen LogP contribution in [0.3, 0.4) is 0 Å². The maximum Gasteiger partial charge on any atom is 0.233 e. The number of hydrogen-bond acceptors (Lipinski definition) is 3. The van der Waals surface area contributed by atoms with Gasteiger partial charge in [-0.3, -0.25) is 4.79 Å². The number of para-hydroxylation sites is 2. The van der Waals surface area contributed by atoms with Gasteiger partial charge in [-0.05, 0) is 44.7 Å². The highest BCUT2D eigenvalue weighted by Gasteiger charge is 2.26. The molecule has 3 atom stereocenters. The molecule has 0 saturated heterocycles. The summed E-state index contributed by atoms with van der Waals surface area (Å²) in [7, 11) is 0. The highest BCUT2D eigenvalue weighted by Crippen LogP contribution is 2.28. The molecule has 1 N–H and O–H groups in total. The van der Waals surface area contributed by atoms with Gasteiger partial charge in [0.1, 0.15) is 0 Å². The topological polar surface area (TPSA) is 46.9 Å². The van der Waals surface area contributed by atoms with E-state index in [-0.39, 0.29) is 11.2 Å². The van der Waals surface area contributed by atoms with Gasteiger partial charge in [0.25, 0.3) is 0 Å². The molecule has 1 aromatic heterocycles. The zero-order valence-electron chi connectivity index (χ0n) is 14.8. The average molecular weight is 346 g/mol. The second-order valence-corrected chi connectivity index (χ2v) is 8.07. The lowest BCUT2D eigenvalue weighted by Crippen LogP contribution is -2.44. The van der Waals surface area contributed by atoms with Crippen LogP contribution in [-0.2, 0) is 11.3 Å². The number of carbonyl (C=O) groups excluding carboxylic acids is 1. The molecular formula is C19H27N3OS. The van der Waals surface area contributed by atoms with Crippen molar-refractivity contribution in [3.63, 3.8) is 0 Å². The van der Waals surface area contributed by atoms with Crippen molar-refractivity contribution in [3.8, 4) is 0 Å². The van der Waals surface area contributed by atoms with Crippen LogP contribution in [0.1, 0.15) is 46.5 Å². The first-order valence-electron chi connectivity index (χ1n) is 9.02. The van der Waals surface area contributed by atoms with Crippen molar-refractivity contribution in [2.24, 2.45) is 5.92 Å². The highest BCUT2D eigenvalue weighted by molar-refractivity contribution is 8.00. The number of imidazole rings is 1. The van der Waals surface area contributed by atoms with Crippen LogP contribution in [0.2, 0.25) is 0 Å². The standard InChI is InChI=1S/C19H27N3OS/c1-4-22-17-12-8-7-11-16(17)21-19(22)24-14(3)18(23)20-15-10-6-5-9-13(15)2/h7-8,11-15H,4-6,9-10H2,1-3H3,(H,20,23). The summed E-state index contributed by atoms with van der Waals surface area (Å²) in [5.74, 6) is 0.716. The largest absolute Gasteiger partial charge is 0.352 e. The van der Waals surface area contributed by atoms with E-state index in [1.54, 1.807) is 11.8 Å². The quantitative estimate of drug-likeness (QED) is 0.825. The summed E-state index contributed by atoms with van der Waals surface area (Å²) in [4.78, 5) is 17.3. The molecule has 3 rings (SSSR count). The molecule has 0 aliphatic heterocycles. The zero-order valence-corrected chi connectivity index (χ0v) is 15.6. The molecule has 1 aliphatic carbocycles. The number of rotatable bonds is 5. The Bertz CT molecular complexity index is 712. The van der Waals surface area contributed by atoms with Crippen LogP contribution in [0.25, 0.3) is 11.0 Å². The smallest absolute Gasteiger partial charge is 0.233 e. The number of nitrogens with one attached hydrogen (secondary N) is 1. The SMILES string of the molecule is CCn1c(SC(C)C(=O)NC2CCCCC2C)nc2ccccc21. The van der Waals surface area contributed by atoms with Gasteiger partial charge in [0, 0.05) is 12.6 Å². The van der Waals surface area contributed by atoms with E-state index in [0.29, 0.717) is 12.0 Å². The molecular weight excluding hydrogens is 318 g/mol. The Labute approximate surface area is 148 Å². The molecule has 24 heavy (non-hydrogen) atoms. The monoisotopic (exact) mass is 345 g/mol. The summed E-state index contributed by atoms with van der Waals surface area (Å²) in [6.45, 7) is 7.20. The third-order valence-electron chi connectivity index (χ3n) is 5.03. The zero-order chi connectivity index (χ0) is 17.1. The van der Waals surface area contributed by atoms with Gasteiger partial charge in [0.05, 0.1) is 16.3 Å². The van der Waals surface area contributed by atoms with E-state index >= 15 is 0 Å². The number of fused-ring (bicyclic) bond motifs is 1. The molecule has 1 fully saturated rings. The minimum Gasteiger partial charge on any atom is -0.352 e. The van der Waals surface area contributed by atoms with Crippen molar-refractivity contribution in [3.05, 3.63) is 24.3 Å². The molecule has 4 nitrogen and oxygen atoms in total. The maximum atomic E-state index is 12.6. The number of benzene rings is 1. The molecule has 0 bridgehead atoms. The first-order valence-corrected chi connectivity index (χ1v) is 9.90. The van der Waals surface area contributed by atoms with Crippen LogP contribution < -0.4 is 5.32 Å². The van der Waals surface area contributed by atoms with Crippen LogP contribution in [0.4, 0.5) is 0 Å². The number of aryl methyl sites for hydroxylation is 1. The Morgan fingerprint density at radius 1 is 1.38 bits per heavy atom. The molecule has 1 aliphatic rings. The molecule has 0 spiro atoms. The molecule has 1 aromatic carbocycles. The third kappa shape index (κ3) is 3.61. The van der Waals surface area contributed by atoms with Crippen molar-refractivity contribution >= 4 is 28.7 Å². The van der Waals surface area contributed by atoms with Gasteiger partial charge in [0.15, 0.2) is 5.16 Å². The molecule has 130 valence electrons. The number of thioether (sulfide) groups is 1. The van der Waals surface area contributed by atoms with E-state index < -0.39 is 0 Å². The average Bonchev–Trinajstić information content (AvgIpc) is 2.93. The second-order valence-electron chi connectivity index (χ2n) is 6.76. The summed E-state index contributed by atoms with van der Waals surface area (Å²) in [6, 6.07) is 8.49. The van der Waals surface area contributed by atoms with E-state index in [0.717, 1.165) is 29.2 Å². The predicted octanol–water partition coefficient (Wildman–Crippen LogP) is 4.23. The van der Waals surface area contributed by atoms with Crippen LogP contribution in [0.15, 0.2) is 29.4 Å². The van der Waals surface area contributed by atoms with Crippen LogP contribution in [-0.4, -0.2) is 26.8 Å². The van der Waals surface area contributed by atoms with Crippen LogP contribution in [0.5, 0.6) is 0 Å². The minimum atomic E-state index is -0.138. The Balaban J connectivity index is 1.70. The fourth-order valence-electron chi connectivity index (χ4n) is 3.49. The first-order chi connectivity index (χ1) is 11.6. The van der Waals surface area contributed by atoms with Crippen molar-refractivity contribution < 1.29 is 4.79 Å². The summed E-state index contributed by atoms with van der Waals surface area (Å²) in [5, 5.41) is 4.05. The Morgan fingerprint density at radius 2 is 2.12 bits per heavy atom. The van der Waals surface area contributed by atoms with Crippen molar-refractivity contribution in [2.75, 3.05) is 0 Å². The van der Waals surface area contributed by atoms with E-state index in [9.17, 15) is 4.79 Å². The second kappa shape index (κ2) is 7.60. The molecule has 1 heterocycles. The number of amides is 1. The van der Waals surface area contributed by atoms with Crippen molar-refractivity contribution in [2.45, 2.75) is 69.4 Å². The number of aromatic nitrogens is 2. The first kappa shape index (κ1) is 17.3. The van der Waals surface area contributed by atoms with Crippen LogP contribution >= 0.6 is 11.8 Å². The minimum absolute atomic E-state index is 0.133. The molecule has 3 unspecified atom stereocenters. The predicted molar refractivity (Wildman–Crippen MR) is 100 cm³/mol. The highest BCUT2D eigenvalue weighted by atomic mass is 32.2. The summed E-state index contributed by atoms with van der Waals surface area (Å²) < 4.78 is 2.19. The number of nitrogens with zero attached hydrogens (tertiary/aromatic N) is 2. The lowest BCUT2D eigenvalue weighted by atomic mass is 9.86. The van der Waals surface area contributed by atoms with Crippen LogP contribution in [0, 0.1) is 5.92 Å². The van der Waals surface area contributed by atoms with Gasteiger partial charge in [-0.15, -0.1) is 0 Å². The van der Waals surface area contributed by atoms with Gasteiger partial charge < -0.3 is 9.88 Å². The van der Waals surface area contributed by atoms with Gasteiger partial charge in [-0.25, -0.2) is 4.98 Å². The van der Waals surface area contributed by atoms with E-state index in [1.807, 2.05) is 25.1 Å². The summed E-state index contributed by atoms with van der Waals surface area (Å²) >= 11 is 1.56. The molecule has 1 amide bonds. The van der Waals surface area contributed by atoms with Gasteiger partial charge in [-0.1, -0.05) is 43.7 Å². The fraction of sp³-hybridized carbons (Fsp3) is 0.579. The lowest BCUT2D eigenvalue weighted by molar-refractivity contribution is -0.121.